The molecule has 3 aromatic rings. The van der Waals surface area contributed by atoms with Gasteiger partial charge in [0, 0.05) is 42.2 Å². The zero-order valence-electron chi connectivity index (χ0n) is 17.8. The Balaban J connectivity index is 1.76. The van der Waals surface area contributed by atoms with Gasteiger partial charge in [-0.25, -0.2) is 14.4 Å². The molecule has 1 unspecified atom stereocenters. The van der Waals surface area contributed by atoms with Crippen LogP contribution in [0.2, 0.25) is 0 Å². The molecule has 4 rings (SSSR count). The number of amides is 1. The fourth-order valence-electron chi connectivity index (χ4n) is 3.85. The molecule has 1 fully saturated rings. The molecule has 1 atom stereocenters. The quantitative estimate of drug-likeness (QED) is 0.621. The topological polar surface area (TPSA) is 71.0 Å². The highest BCUT2D eigenvalue weighted by molar-refractivity contribution is 5.78. The van der Waals surface area contributed by atoms with Crippen molar-refractivity contribution in [3.05, 3.63) is 66.5 Å². The second kappa shape index (κ2) is 9.20. The van der Waals surface area contributed by atoms with Gasteiger partial charge in [0.1, 0.15) is 11.6 Å². The molecule has 0 saturated carbocycles. The van der Waals surface area contributed by atoms with Crippen LogP contribution in [-0.2, 0) is 4.79 Å². The van der Waals surface area contributed by atoms with Gasteiger partial charge in [-0.2, -0.15) is 0 Å². The summed E-state index contributed by atoms with van der Waals surface area (Å²) in [6, 6.07) is 11.7. The maximum atomic E-state index is 13.7. The molecule has 160 valence electrons. The van der Waals surface area contributed by atoms with Crippen molar-refractivity contribution in [3.8, 4) is 11.3 Å². The molecular weight excluding hydrogens is 393 g/mol. The smallest absolute Gasteiger partial charge is 0.225 e. The molecule has 0 spiro atoms. The molecular formula is C24H26FN5O. The van der Waals surface area contributed by atoms with E-state index in [1.807, 2.05) is 36.9 Å². The van der Waals surface area contributed by atoms with Crippen molar-refractivity contribution in [1.82, 2.24) is 19.9 Å². The average Bonchev–Trinajstić information content (AvgIpc) is 2.79. The molecule has 2 aromatic heterocycles. The number of pyridine rings is 1. The van der Waals surface area contributed by atoms with Crippen molar-refractivity contribution in [2.45, 2.75) is 39.2 Å². The van der Waals surface area contributed by atoms with E-state index in [4.69, 9.17) is 9.97 Å². The van der Waals surface area contributed by atoms with Crippen molar-refractivity contribution in [2.24, 2.45) is 5.92 Å². The van der Waals surface area contributed by atoms with Gasteiger partial charge in [0.15, 0.2) is 5.82 Å². The Morgan fingerprint density at radius 1 is 1.16 bits per heavy atom. The summed E-state index contributed by atoms with van der Waals surface area (Å²) in [5, 5.41) is 3.19. The standard InChI is InChI=1S/C24H26FN5O/c1-16(2)24(31)30-12-4-3-10-21(30)23-28-20(17-7-6-11-26-15-17)14-22(29-23)27-19-9-5-8-18(25)13-19/h5-9,11,13-16,21H,3-4,10,12H2,1-2H3,(H,27,28,29). The van der Waals surface area contributed by atoms with Crippen LogP contribution in [0.25, 0.3) is 11.3 Å². The molecule has 0 radical (unpaired) electrons. The normalized spacial score (nSPS) is 16.4. The van der Waals surface area contributed by atoms with Crippen LogP contribution < -0.4 is 5.32 Å². The number of hydrogen-bond acceptors (Lipinski definition) is 5. The van der Waals surface area contributed by atoms with E-state index in [2.05, 4.69) is 10.3 Å². The number of nitrogens with zero attached hydrogens (tertiary/aromatic N) is 4. The van der Waals surface area contributed by atoms with Gasteiger partial charge < -0.3 is 10.2 Å². The number of aromatic nitrogens is 3. The first-order valence-electron chi connectivity index (χ1n) is 10.6. The monoisotopic (exact) mass is 419 g/mol. The minimum atomic E-state index is -0.326. The van der Waals surface area contributed by atoms with E-state index in [9.17, 15) is 9.18 Å². The van der Waals surface area contributed by atoms with Crippen molar-refractivity contribution in [1.29, 1.82) is 0 Å². The SMILES string of the molecule is CC(C)C(=O)N1CCCCC1c1nc(Nc2cccc(F)c2)cc(-c2cccnc2)n1. The highest BCUT2D eigenvalue weighted by Crippen LogP contribution is 2.32. The summed E-state index contributed by atoms with van der Waals surface area (Å²) in [5.74, 6) is 0.838. The van der Waals surface area contributed by atoms with E-state index in [1.165, 1.54) is 12.1 Å². The third-order valence-corrected chi connectivity index (χ3v) is 5.38. The predicted molar refractivity (Wildman–Crippen MR) is 118 cm³/mol. The number of hydrogen-bond donors (Lipinski definition) is 1. The van der Waals surface area contributed by atoms with E-state index in [0.717, 1.165) is 24.8 Å². The zero-order chi connectivity index (χ0) is 21.8. The zero-order valence-corrected chi connectivity index (χ0v) is 17.8. The lowest BCUT2D eigenvalue weighted by Gasteiger charge is -2.36. The average molecular weight is 420 g/mol. The van der Waals surface area contributed by atoms with Gasteiger partial charge in [-0.3, -0.25) is 9.78 Å². The first-order valence-corrected chi connectivity index (χ1v) is 10.6. The summed E-state index contributed by atoms with van der Waals surface area (Å²) in [5.41, 5.74) is 2.16. The number of anilines is 2. The highest BCUT2D eigenvalue weighted by Gasteiger charge is 2.31. The van der Waals surface area contributed by atoms with Crippen molar-refractivity contribution < 1.29 is 9.18 Å². The maximum absolute atomic E-state index is 13.7. The summed E-state index contributed by atoms with van der Waals surface area (Å²) in [6.07, 6.45) is 6.26. The number of piperidine rings is 1. The fraction of sp³-hybridized carbons (Fsp3) is 0.333. The number of halogens is 1. The third-order valence-electron chi connectivity index (χ3n) is 5.38. The number of likely N-dealkylation sites (tertiary alicyclic amines) is 1. The van der Waals surface area contributed by atoms with Crippen LogP contribution in [0.5, 0.6) is 0 Å². The molecule has 1 amide bonds. The van der Waals surface area contributed by atoms with Gasteiger partial charge in [0.05, 0.1) is 11.7 Å². The Bertz CT molecular complexity index is 1060. The van der Waals surface area contributed by atoms with E-state index >= 15 is 0 Å². The highest BCUT2D eigenvalue weighted by atomic mass is 19.1. The molecule has 31 heavy (non-hydrogen) atoms. The maximum Gasteiger partial charge on any atom is 0.225 e. The van der Waals surface area contributed by atoms with E-state index in [-0.39, 0.29) is 23.7 Å². The van der Waals surface area contributed by atoms with Crippen molar-refractivity contribution >= 4 is 17.4 Å². The third kappa shape index (κ3) is 4.87. The largest absolute Gasteiger partial charge is 0.340 e. The Labute approximate surface area is 181 Å². The van der Waals surface area contributed by atoms with Crippen molar-refractivity contribution in [3.63, 3.8) is 0 Å². The van der Waals surface area contributed by atoms with Crippen LogP contribution in [-0.4, -0.2) is 32.3 Å². The molecule has 1 aromatic carbocycles. The van der Waals surface area contributed by atoms with E-state index in [1.54, 1.807) is 24.5 Å². The molecule has 1 saturated heterocycles. The summed E-state index contributed by atoms with van der Waals surface area (Å²) in [4.78, 5) is 28.5. The second-order valence-electron chi connectivity index (χ2n) is 8.07. The number of nitrogens with one attached hydrogen (secondary N) is 1. The number of benzene rings is 1. The predicted octanol–water partition coefficient (Wildman–Crippen LogP) is 5.13. The number of carbonyl (C=O) groups is 1. The van der Waals surface area contributed by atoms with Crippen LogP contribution in [0.1, 0.15) is 45.0 Å². The lowest BCUT2D eigenvalue weighted by molar-refractivity contribution is -0.138. The second-order valence-corrected chi connectivity index (χ2v) is 8.07. The molecule has 7 heteroatoms. The van der Waals surface area contributed by atoms with Gasteiger partial charge in [-0.1, -0.05) is 19.9 Å². The molecule has 3 heterocycles. The number of rotatable bonds is 5. The lowest BCUT2D eigenvalue weighted by atomic mass is 9.99. The summed E-state index contributed by atoms with van der Waals surface area (Å²) in [6.45, 7) is 4.53. The Morgan fingerprint density at radius 2 is 2.03 bits per heavy atom. The minimum Gasteiger partial charge on any atom is -0.340 e. The van der Waals surface area contributed by atoms with Crippen LogP contribution in [0, 0.1) is 11.7 Å². The van der Waals surface area contributed by atoms with Crippen LogP contribution in [0.4, 0.5) is 15.9 Å². The molecule has 6 nitrogen and oxygen atoms in total. The Kier molecular flexibility index (Phi) is 6.21. The van der Waals surface area contributed by atoms with Gasteiger partial charge in [0.2, 0.25) is 5.91 Å². The van der Waals surface area contributed by atoms with E-state index < -0.39 is 0 Å². The summed E-state index contributed by atoms with van der Waals surface area (Å²) >= 11 is 0. The molecule has 1 aliphatic rings. The molecule has 0 aliphatic carbocycles. The first kappa shape index (κ1) is 20.9. The summed E-state index contributed by atoms with van der Waals surface area (Å²) in [7, 11) is 0. The lowest BCUT2D eigenvalue weighted by Crippen LogP contribution is -2.41. The minimum absolute atomic E-state index is 0.0907. The van der Waals surface area contributed by atoms with Gasteiger partial charge in [-0.15, -0.1) is 0 Å². The van der Waals surface area contributed by atoms with E-state index in [0.29, 0.717) is 29.6 Å². The summed E-state index contributed by atoms with van der Waals surface area (Å²) < 4.78 is 13.7. The van der Waals surface area contributed by atoms with Crippen LogP contribution >= 0.6 is 0 Å². The van der Waals surface area contributed by atoms with Gasteiger partial charge >= 0.3 is 0 Å². The van der Waals surface area contributed by atoms with Crippen LogP contribution in [0.3, 0.4) is 0 Å². The molecule has 1 aliphatic heterocycles. The molecule has 0 bridgehead atoms. The fourth-order valence-corrected chi connectivity index (χ4v) is 3.85. The Hall–Kier alpha value is -3.35. The van der Waals surface area contributed by atoms with Gasteiger partial charge in [0.25, 0.3) is 0 Å². The van der Waals surface area contributed by atoms with Crippen molar-refractivity contribution in [2.75, 3.05) is 11.9 Å². The Morgan fingerprint density at radius 3 is 2.77 bits per heavy atom. The number of carbonyl (C=O) groups excluding carboxylic acids is 1. The first-order chi connectivity index (χ1) is 15.0. The van der Waals surface area contributed by atoms with Crippen LogP contribution in [0.15, 0.2) is 54.9 Å². The molecule has 1 N–H and O–H groups in total. The van der Waals surface area contributed by atoms with Gasteiger partial charge in [-0.05, 0) is 49.6 Å².